The van der Waals surface area contributed by atoms with Crippen LogP contribution in [0.2, 0.25) is 0 Å². The summed E-state index contributed by atoms with van der Waals surface area (Å²) >= 11 is 6.21. The van der Waals surface area contributed by atoms with Crippen molar-refractivity contribution in [3.05, 3.63) is 22.6 Å². The number of rotatable bonds is 5. The zero-order chi connectivity index (χ0) is 17.9. The predicted molar refractivity (Wildman–Crippen MR) is 94.9 cm³/mol. The van der Waals surface area contributed by atoms with Crippen molar-refractivity contribution in [2.24, 2.45) is 0 Å². The van der Waals surface area contributed by atoms with Crippen LogP contribution >= 0.6 is 24.0 Å². The molecule has 1 aliphatic rings. The molecular formula is C15H16N2O5S2. The van der Waals surface area contributed by atoms with Gasteiger partial charge in [-0.2, -0.15) is 5.01 Å². The standard InChI is InChI=1S/C15H16N2O5S2/c1-8(18)16-17-14(19)12(24-15(17)23)7-9-5-10(20-2)13(22-4)11(6-9)21-3/h5-7H,1-4H3,(H,16,18)/b12-7-. The van der Waals surface area contributed by atoms with Crippen molar-refractivity contribution in [3.8, 4) is 17.2 Å². The lowest BCUT2D eigenvalue weighted by Crippen LogP contribution is -2.43. The van der Waals surface area contributed by atoms with Gasteiger partial charge in [0.2, 0.25) is 11.7 Å². The molecule has 0 atom stereocenters. The van der Waals surface area contributed by atoms with Gasteiger partial charge in [-0.05, 0) is 36.0 Å². The lowest BCUT2D eigenvalue weighted by atomic mass is 10.1. The highest BCUT2D eigenvalue weighted by molar-refractivity contribution is 8.26. The third-order valence-corrected chi connectivity index (χ3v) is 4.35. The Morgan fingerprint density at radius 2 is 1.79 bits per heavy atom. The molecule has 2 rings (SSSR count). The molecule has 1 aliphatic heterocycles. The number of hydrogen-bond donors (Lipinski definition) is 1. The molecule has 0 bridgehead atoms. The van der Waals surface area contributed by atoms with Crippen LogP contribution in [0.1, 0.15) is 12.5 Å². The average molecular weight is 368 g/mol. The van der Waals surface area contributed by atoms with E-state index in [-0.39, 0.29) is 10.2 Å². The molecule has 128 valence electrons. The van der Waals surface area contributed by atoms with Gasteiger partial charge in [0.25, 0.3) is 5.91 Å². The van der Waals surface area contributed by atoms with Crippen LogP contribution in [-0.4, -0.2) is 42.5 Å². The van der Waals surface area contributed by atoms with Gasteiger partial charge in [-0.1, -0.05) is 11.8 Å². The van der Waals surface area contributed by atoms with Crippen molar-refractivity contribution in [3.63, 3.8) is 0 Å². The van der Waals surface area contributed by atoms with Gasteiger partial charge >= 0.3 is 0 Å². The summed E-state index contributed by atoms with van der Waals surface area (Å²) in [6.07, 6.45) is 1.64. The number of hydrogen-bond acceptors (Lipinski definition) is 7. The molecule has 0 saturated carbocycles. The fraction of sp³-hybridized carbons (Fsp3) is 0.267. The van der Waals surface area contributed by atoms with Gasteiger partial charge < -0.3 is 14.2 Å². The van der Waals surface area contributed by atoms with Gasteiger partial charge in [-0.3, -0.25) is 15.0 Å². The van der Waals surface area contributed by atoms with E-state index in [1.54, 1.807) is 18.2 Å². The van der Waals surface area contributed by atoms with Gasteiger partial charge in [-0.25, -0.2) is 0 Å². The SMILES string of the molecule is COc1cc(/C=C2\SC(=S)N(NC(C)=O)C2=O)cc(OC)c1OC. The fourth-order valence-corrected chi connectivity index (χ4v) is 3.24. The van der Waals surface area contributed by atoms with E-state index in [1.165, 1.54) is 28.3 Å². The maximum Gasteiger partial charge on any atom is 0.285 e. The van der Waals surface area contributed by atoms with E-state index in [0.29, 0.717) is 27.7 Å². The Morgan fingerprint density at radius 3 is 2.25 bits per heavy atom. The monoisotopic (exact) mass is 368 g/mol. The van der Waals surface area contributed by atoms with E-state index >= 15 is 0 Å². The molecule has 1 fully saturated rings. The fourth-order valence-electron chi connectivity index (χ4n) is 2.06. The van der Waals surface area contributed by atoms with Crippen LogP contribution in [-0.2, 0) is 9.59 Å². The molecule has 7 nitrogen and oxygen atoms in total. The van der Waals surface area contributed by atoms with Crippen molar-refractivity contribution >= 4 is 46.2 Å². The van der Waals surface area contributed by atoms with E-state index < -0.39 is 5.91 Å². The maximum atomic E-state index is 12.3. The number of hydrazine groups is 1. The Bertz CT molecular complexity index is 708. The second-order valence-electron chi connectivity index (χ2n) is 4.64. The first kappa shape index (κ1) is 18.1. The minimum absolute atomic E-state index is 0.258. The Kier molecular flexibility index (Phi) is 5.68. The van der Waals surface area contributed by atoms with E-state index in [0.717, 1.165) is 16.8 Å². The summed E-state index contributed by atoms with van der Waals surface area (Å²) in [7, 11) is 4.53. The van der Waals surface area contributed by atoms with Gasteiger partial charge in [-0.15, -0.1) is 0 Å². The summed E-state index contributed by atoms with van der Waals surface area (Å²) < 4.78 is 16.1. The van der Waals surface area contributed by atoms with E-state index in [4.69, 9.17) is 26.4 Å². The summed E-state index contributed by atoms with van der Waals surface area (Å²) in [5.74, 6) is 0.637. The smallest absolute Gasteiger partial charge is 0.285 e. The Hall–Kier alpha value is -2.26. The highest BCUT2D eigenvalue weighted by atomic mass is 32.2. The molecule has 1 N–H and O–H groups in total. The largest absolute Gasteiger partial charge is 0.493 e. The lowest BCUT2D eigenvalue weighted by Gasteiger charge is -2.14. The molecule has 0 unspecified atom stereocenters. The first-order chi connectivity index (χ1) is 11.4. The zero-order valence-corrected chi connectivity index (χ0v) is 15.2. The van der Waals surface area contributed by atoms with Gasteiger partial charge in [0.05, 0.1) is 26.2 Å². The molecule has 1 saturated heterocycles. The van der Waals surface area contributed by atoms with Crippen molar-refractivity contribution < 1.29 is 23.8 Å². The summed E-state index contributed by atoms with van der Waals surface area (Å²) in [5, 5.41) is 1.05. The number of methoxy groups -OCH3 is 3. The van der Waals surface area contributed by atoms with Crippen molar-refractivity contribution in [1.29, 1.82) is 0 Å². The summed E-state index contributed by atoms with van der Waals surface area (Å²) in [6.45, 7) is 1.31. The Labute approximate surface area is 148 Å². The first-order valence-electron chi connectivity index (χ1n) is 6.76. The van der Waals surface area contributed by atoms with Crippen LogP contribution in [0.25, 0.3) is 6.08 Å². The van der Waals surface area contributed by atoms with Crippen LogP contribution in [0, 0.1) is 0 Å². The number of carbonyl (C=O) groups is 2. The maximum absolute atomic E-state index is 12.3. The minimum atomic E-state index is -0.394. The molecular weight excluding hydrogens is 352 g/mol. The first-order valence-corrected chi connectivity index (χ1v) is 7.99. The van der Waals surface area contributed by atoms with E-state index in [9.17, 15) is 9.59 Å². The van der Waals surface area contributed by atoms with Crippen LogP contribution in [0.3, 0.4) is 0 Å². The molecule has 0 radical (unpaired) electrons. The van der Waals surface area contributed by atoms with Gasteiger partial charge in [0.1, 0.15) is 0 Å². The quantitative estimate of drug-likeness (QED) is 0.629. The predicted octanol–water partition coefficient (Wildman–Crippen LogP) is 1.96. The average Bonchev–Trinajstić information content (AvgIpc) is 2.80. The molecule has 1 heterocycles. The topological polar surface area (TPSA) is 77.1 Å². The van der Waals surface area contributed by atoms with E-state index in [2.05, 4.69) is 5.43 Å². The van der Waals surface area contributed by atoms with Crippen LogP contribution < -0.4 is 19.6 Å². The van der Waals surface area contributed by atoms with Crippen LogP contribution in [0.4, 0.5) is 0 Å². The number of thiocarbonyl (C=S) groups is 1. The van der Waals surface area contributed by atoms with Crippen LogP contribution in [0.15, 0.2) is 17.0 Å². The number of nitrogens with zero attached hydrogens (tertiary/aromatic N) is 1. The van der Waals surface area contributed by atoms with Gasteiger partial charge in [0, 0.05) is 6.92 Å². The second kappa shape index (κ2) is 7.54. The third kappa shape index (κ3) is 3.62. The molecule has 1 aromatic rings. The summed E-state index contributed by atoms with van der Waals surface area (Å²) in [5.41, 5.74) is 3.07. The second-order valence-corrected chi connectivity index (χ2v) is 6.32. The van der Waals surface area contributed by atoms with Crippen molar-refractivity contribution in [2.45, 2.75) is 6.92 Å². The molecule has 2 amide bonds. The van der Waals surface area contributed by atoms with Gasteiger partial charge in [0.15, 0.2) is 15.8 Å². The molecule has 9 heteroatoms. The molecule has 0 aromatic heterocycles. The van der Waals surface area contributed by atoms with Crippen molar-refractivity contribution in [1.82, 2.24) is 10.4 Å². The number of carbonyl (C=O) groups excluding carboxylic acids is 2. The number of thioether (sulfide) groups is 1. The lowest BCUT2D eigenvalue weighted by molar-refractivity contribution is -0.131. The van der Waals surface area contributed by atoms with Crippen LogP contribution in [0.5, 0.6) is 17.2 Å². The summed E-state index contributed by atoms with van der Waals surface area (Å²) in [4.78, 5) is 23.9. The number of nitrogens with one attached hydrogen (secondary N) is 1. The number of amides is 2. The molecule has 0 spiro atoms. The number of benzene rings is 1. The Balaban J connectivity index is 2.39. The highest BCUT2D eigenvalue weighted by Gasteiger charge is 2.33. The molecule has 0 aliphatic carbocycles. The normalized spacial score (nSPS) is 15.7. The van der Waals surface area contributed by atoms with E-state index in [1.807, 2.05) is 0 Å². The molecule has 1 aromatic carbocycles. The molecule has 24 heavy (non-hydrogen) atoms. The Morgan fingerprint density at radius 1 is 1.21 bits per heavy atom. The zero-order valence-electron chi connectivity index (χ0n) is 13.5. The minimum Gasteiger partial charge on any atom is -0.493 e. The summed E-state index contributed by atoms with van der Waals surface area (Å²) in [6, 6.07) is 3.43. The highest BCUT2D eigenvalue weighted by Crippen LogP contribution is 2.40. The number of ether oxygens (including phenoxy) is 3. The van der Waals surface area contributed by atoms with Crippen molar-refractivity contribution in [2.75, 3.05) is 21.3 Å². The third-order valence-electron chi connectivity index (χ3n) is 3.05.